The van der Waals surface area contributed by atoms with Crippen LogP contribution >= 0.6 is 12.8 Å². The lowest BCUT2D eigenvalue weighted by Crippen LogP contribution is -2.17. The van der Waals surface area contributed by atoms with Crippen molar-refractivity contribution < 1.29 is 0 Å². The third kappa shape index (κ3) is 3.81. The zero-order chi connectivity index (χ0) is 11.3. The van der Waals surface area contributed by atoms with Crippen molar-refractivity contribution in [2.45, 2.75) is 20.8 Å². The Morgan fingerprint density at radius 1 is 1.20 bits per heavy atom. The van der Waals surface area contributed by atoms with Crippen LogP contribution in [0.25, 0.3) is 0 Å². The van der Waals surface area contributed by atoms with Crippen LogP contribution in [-0.2, 0) is 0 Å². The highest BCUT2D eigenvalue weighted by molar-refractivity contribution is 7.79. The first-order chi connectivity index (χ1) is 7.04. The first-order valence-corrected chi connectivity index (χ1v) is 5.23. The van der Waals surface area contributed by atoms with E-state index in [1.165, 1.54) is 0 Å². The Morgan fingerprint density at radius 2 is 1.80 bits per heavy atom. The molecule has 0 aliphatic heterocycles. The number of benzene rings is 1. The molecular weight excluding hydrogens is 202 g/mol. The predicted molar refractivity (Wildman–Crippen MR) is 69.2 cm³/mol. The van der Waals surface area contributed by atoms with Gasteiger partial charge in [0.05, 0.1) is 0 Å². The van der Waals surface area contributed by atoms with Crippen molar-refractivity contribution in [3.8, 4) is 11.8 Å². The van der Waals surface area contributed by atoms with Gasteiger partial charge < -0.3 is 0 Å². The molecule has 0 N–H and O–H groups in total. The Balaban J connectivity index is 2.91. The predicted octanol–water partition coefficient (Wildman–Crippen LogP) is 3.37. The topological polar surface area (TPSA) is 12.4 Å². The molecule has 0 heterocycles. The lowest BCUT2D eigenvalue weighted by molar-refractivity contribution is 0.598. The summed E-state index contributed by atoms with van der Waals surface area (Å²) in [5.74, 6) is 6.12. The van der Waals surface area contributed by atoms with Gasteiger partial charge >= 0.3 is 0 Å². The molecule has 78 valence electrons. The van der Waals surface area contributed by atoms with Gasteiger partial charge in [-0.05, 0) is 30.9 Å². The normalized spacial score (nSPS) is 11.9. The van der Waals surface area contributed by atoms with Gasteiger partial charge in [-0.1, -0.05) is 44.9 Å². The summed E-state index contributed by atoms with van der Waals surface area (Å²) in [5, 5.41) is 0. The van der Waals surface area contributed by atoms with Gasteiger partial charge in [0.25, 0.3) is 0 Å². The third-order valence-corrected chi connectivity index (χ3v) is 2.11. The van der Waals surface area contributed by atoms with E-state index in [1.807, 2.05) is 30.3 Å². The van der Waals surface area contributed by atoms with Gasteiger partial charge in [-0.15, -0.1) is 0 Å². The molecule has 2 heteroatoms. The van der Waals surface area contributed by atoms with Gasteiger partial charge in [-0.25, -0.2) is 4.40 Å². The van der Waals surface area contributed by atoms with Crippen molar-refractivity contribution in [1.82, 2.24) is 0 Å². The highest BCUT2D eigenvalue weighted by Gasteiger charge is 2.16. The average Bonchev–Trinajstić information content (AvgIpc) is 2.18. The number of nitrogens with zero attached hydrogens (tertiary/aromatic N) is 1. The lowest BCUT2D eigenvalue weighted by Gasteiger charge is -2.15. The van der Waals surface area contributed by atoms with E-state index in [1.54, 1.807) is 0 Å². The smallest absolute Gasteiger partial charge is 0.104 e. The minimum absolute atomic E-state index is 0.0521. The average molecular weight is 217 g/mol. The van der Waals surface area contributed by atoms with Crippen LogP contribution in [0.1, 0.15) is 26.3 Å². The molecule has 0 radical (unpaired) electrons. The van der Waals surface area contributed by atoms with Gasteiger partial charge in [0.15, 0.2) is 0 Å². The van der Waals surface area contributed by atoms with Gasteiger partial charge in [0.2, 0.25) is 0 Å². The van der Waals surface area contributed by atoms with Crippen LogP contribution < -0.4 is 0 Å². The van der Waals surface area contributed by atoms with Crippen LogP contribution in [0.15, 0.2) is 34.7 Å². The summed E-state index contributed by atoms with van der Waals surface area (Å²) in [6, 6.07) is 9.87. The number of hydrogen-bond acceptors (Lipinski definition) is 2. The van der Waals surface area contributed by atoms with Crippen LogP contribution in [0.5, 0.6) is 0 Å². The van der Waals surface area contributed by atoms with Crippen molar-refractivity contribution in [3.05, 3.63) is 35.9 Å². The Hall–Kier alpha value is -1.20. The van der Waals surface area contributed by atoms with Gasteiger partial charge in [0.1, 0.15) is 5.71 Å². The van der Waals surface area contributed by atoms with E-state index < -0.39 is 0 Å². The molecule has 0 unspecified atom stereocenters. The minimum Gasteiger partial charge on any atom is -0.215 e. The fourth-order valence-electron chi connectivity index (χ4n) is 1.02. The number of hydrogen-bond donors (Lipinski definition) is 1. The van der Waals surface area contributed by atoms with E-state index in [2.05, 4.69) is 49.8 Å². The molecule has 1 rings (SSSR count). The van der Waals surface area contributed by atoms with E-state index in [0.29, 0.717) is 0 Å². The fraction of sp³-hybridized carbons (Fsp3) is 0.308. The van der Waals surface area contributed by atoms with Crippen molar-refractivity contribution in [1.29, 1.82) is 0 Å². The molecule has 0 bridgehead atoms. The van der Waals surface area contributed by atoms with Crippen LogP contribution in [0.4, 0.5) is 0 Å². The quantitative estimate of drug-likeness (QED) is 0.388. The van der Waals surface area contributed by atoms with Gasteiger partial charge in [-0.2, -0.15) is 0 Å². The zero-order valence-corrected chi connectivity index (χ0v) is 10.2. The maximum absolute atomic E-state index is 3.94. The largest absolute Gasteiger partial charge is 0.215 e. The zero-order valence-electron chi connectivity index (χ0n) is 9.28. The van der Waals surface area contributed by atoms with Gasteiger partial charge in [-0.3, -0.25) is 0 Å². The molecule has 0 amide bonds. The van der Waals surface area contributed by atoms with Crippen molar-refractivity contribution in [2.24, 2.45) is 9.81 Å². The van der Waals surface area contributed by atoms with Crippen LogP contribution in [-0.4, -0.2) is 5.71 Å². The summed E-state index contributed by atoms with van der Waals surface area (Å²) < 4.78 is 3.91. The molecule has 0 fully saturated rings. The summed E-state index contributed by atoms with van der Waals surface area (Å²) in [4.78, 5) is 0. The van der Waals surface area contributed by atoms with Crippen LogP contribution in [0.2, 0.25) is 0 Å². The summed E-state index contributed by atoms with van der Waals surface area (Å²) in [7, 11) is 0. The summed E-state index contributed by atoms with van der Waals surface area (Å²) in [6.45, 7) is 6.21. The molecule has 1 aromatic carbocycles. The Kier molecular flexibility index (Phi) is 3.99. The maximum atomic E-state index is 3.94. The molecule has 0 aliphatic carbocycles. The maximum Gasteiger partial charge on any atom is 0.104 e. The molecule has 1 nitrogen and oxygen atoms in total. The van der Waals surface area contributed by atoms with E-state index in [4.69, 9.17) is 0 Å². The molecule has 0 saturated carbocycles. The summed E-state index contributed by atoms with van der Waals surface area (Å²) in [5.41, 5.74) is 1.75. The second-order valence-electron chi connectivity index (χ2n) is 4.31. The standard InChI is InChI=1S/C13H15NS/c1-13(2,3)12(14-15)10-9-11-7-5-4-6-8-11/h4-8,15H,1-3H3/b14-12+. The van der Waals surface area contributed by atoms with Crippen molar-refractivity contribution in [2.75, 3.05) is 0 Å². The Bertz CT molecular complexity index is 402. The fourth-order valence-corrected chi connectivity index (χ4v) is 1.37. The van der Waals surface area contributed by atoms with Gasteiger partial charge in [0, 0.05) is 11.0 Å². The highest BCUT2D eigenvalue weighted by atomic mass is 32.1. The highest BCUT2D eigenvalue weighted by Crippen LogP contribution is 2.16. The summed E-state index contributed by atoms with van der Waals surface area (Å²) >= 11 is 3.94. The summed E-state index contributed by atoms with van der Waals surface area (Å²) in [6.07, 6.45) is 0. The molecule has 0 aromatic heterocycles. The second kappa shape index (κ2) is 5.04. The molecule has 0 aliphatic rings. The van der Waals surface area contributed by atoms with Crippen LogP contribution in [0.3, 0.4) is 0 Å². The molecule has 0 saturated heterocycles. The van der Waals surface area contributed by atoms with E-state index in [-0.39, 0.29) is 5.41 Å². The first kappa shape index (κ1) is 11.9. The minimum atomic E-state index is -0.0521. The molecule has 15 heavy (non-hydrogen) atoms. The lowest BCUT2D eigenvalue weighted by atomic mass is 9.90. The van der Waals surface area contributed by atoms with E-state index in [9.17, 15) is 0 Å². The number of thiol groups is 1. The monoisotopic (exact) mass is 217 g/mol. The SMILES string of the molecule is CC(C)(C)/C(C#Cc1ccccc1)=N/S. The van der Waals surface area contributed by atoms with Crippen LogP contribution in [0, 0.1) is 17.3 Å². The Morgan fingerprint density at radius 3 is 2.27 bits per heavy atom. The first-order valence-electron chi connectivity index (χ1n) is 4.83. The molecule has 0 spiro atoms. The van der Waals surface area contributed by atoms with E-state index in [0.717, 1.165) is 11.3 Å². The van der Waals surface area contributed by atoms with Crippen molar-refractivity contribution in [3.63, 3.8) is 0 Å². The second-order valence-corrected chi connectivity index (χ2v) is 4.51. The molecular formula is C13H15NS. The molecule has 1 aromatic rings. The van der Waals surface area contributed by atoms with Crippen molar-refractivity contribution >= 4 is 18.5 Å². The van der Waals surface area contributed by atoms with E-state index >= 15 is 0 Å². The molecule has 0 atom stereocenters. The number of rotatable bonds is 0. The third-order valence-electron chi connectivity index (χ3n) is 1.91. The Labute approximate surface area is 97.2 Å².